The predicted molar refractivity (Wildman–Crippen MR) is 62.7 cm³/mol. The van der Waals surface area contributed by atoms with E-state index in [1.165, 1.54) is 31.3 Å². The summed E-state index contributed by atoms with van der Waals surface area (Å²) in [6.07, 6.45) is 3.80. The zero-order chi connectivity index (χ0) is 13.1. The monoisotopic (exact) mass is 245 g/mol. The smallest absolute Gasteiger partial charge is 0.213 e. The summed E-state index contributed by atoms with van der Waals surface area (Å²) in [4.78, 5) is 15.8. The SMILES string of the molecule is CN=C(/C=C\N(C=O)CCC(CO)OC)NO. The highest BCUT2D eigenvalue weighted by Gasteiger charge is 2.07. The van der Waals surface area contributed by atoms with Crippen LogP contribution in [0.15, 0.2) is 17.3 Å². The highest BCUT2D eigenvalue weighted by molar-refractivity contribution is 5.91. The molecule has 0 aliphatic heterocycles. The molecule has 0 spiro atoms. The molecule has 0 saturated carbocycles. The van der Waals surface area contributed by atoms with Crippen molar-refractivity contribution in [1.29, 1.82) is 0 Å². The third-order valence-corrected chi connectivity index (χ3v) is 2.16. The van der Waals surface area contributed by atoms with Crippen LogP contribution in [-0.4, -0.2) is 60.9 Å². The molecule has 0 aromatic rings. The lowest BCUT2D eigenvalue weighted by Gasteiger charge is -2.16. The van der Waals surface area contributed by atoms with Crippen LogP contribution in [0.3, 0.4) is 0 Å². The lowest BCUT2D eigenvalue weighted by atomic mass is 10.2. The van der Waals surface area contributed by atoms with Crippen molar-refractivity contribution in [2.45, 2.75) is 12.5 Å². The van der Waals surface area contributed by atoms with Crippen LogP contribution < -0.4 is 5.48 Å². The molecule has 3 N–H and O–H groups in total. The maximum Gasteiger partial charge on any atom is 0.213 e. The lowest BCUT2D eigenvalue weighted by Crippen LogP contribution is -2.25. The van der Waals surface area contributed by atoms with Gasteiger partial charge in [-0.2, -0.15) is 0 Å². The summed E-state index contributed by atoms with van der Waals surface area (Å²) >= 11 is 0. The van der Waals surface area contributed by atoms with Gasteiger partial charge in [0.25, 0.3) is 0 Å². The first-order valence-corrected chi connectivity index (χ1v) is 5.11. The van der Waals surface area contributed by atoms with Gasteiger partial charge in [0.05, 0.1) is 12.7 Å². The fourth-order valence-electron chi connectivity index (χ4n) is 1.07. The highest BCUT2D eigenvalue weighted by Crippen LogP contribution is 1.98. The largest absolute Gasteiger partial charge is 0.394 e. The molecular weight excluding hydrogens is 226 g/mol. The fourth-order valence-corrected chi connectivity index (χ4v) is 1.07. The van der Waals surface area contributed by atoms with Gasteiger partial charge in [-0.1, -0.05) is 0 Å². The van der Waals surface area contributed by atoms with E-state index in [0.29, 0.717) is 19.4 Å². The first-order valence-electron chi connectivity index (χ1n) is 5.11. The Kier molecular flexibility index (Phi) is 8.94. The summed E-state index contributed by atoms with van der Waals surface area (Å²) in [7, 11) is 3.00. The number of ether oxygens (including phenoxy) is 1. The van der Waals surface area contributed by atoms with Crippen LogP contribution in [0.4, 0.5) is 0 Å². The van der Waals surface area contributed by atoms with Crippen LogP contribution in [0.1, 0.15) is 6.42 Å². The maximum absolute atomic E-state index is 10.7. The number of carbonyl (C=O) groups excluding carboxylic acids is 1. The van der Waals surface area contributed by atoms with Gasteiger partial charge >= 0.3 is 0 Å². The predicted octanol–water partition coefficient (Wildman–Crippen LogP) is -0.637. The van der Waals surface area contributed by atoms with Crippen LogP contribution in [0.2, 0.25) is 0 Å². The summed E-state index contributed by atoms with van der Waals surface area (Å²) < 4.78 is 4.97. The van der Waals surface area contributed by atoms with Crippen molar-refractivity contribution in [1.82, 2.24) is 10.4 Å². The number of aliphatic imine (C=N–C) groups is 1. The van der Waals surface area contributed by atoms with E-state index in [0.717, 1.165) is 0 Å². The number of hydrogen-bond donors (Lipinski definition) is 3. The Balaban J connectivity index is 4.20. The molecule has 0 radical (unpaired) electrons. The Bertz CT molecular complexity index is 264. The normalized spacial score (nSPS) is 13.8. The second-order valence-corrected chi connectivity index (χ2v) is 3.21. The number of amides is 1. The number of nitrogens with zero attached hydrogens (tertiary/aromatic N) is 2. The Morgan fingerprint density at radius 3 is 2.76 bits per heavy atom. The number of methoxy groups -OCH3 is 1. The summed E-state index contributed by atoms with van der Waals surface area (Å²) in [6.45, 7) is 0.314. The highest BCUT2D eigenvalue weighted by atomic mass is 16.5. The average molecular weight is 245 g/mol. The van der Waals surface area contributed by atoms with E-state index in [1.54, 1.807) is 0 Å². The fraction of sp³-hybridized carbons (Fsp3) is 0.600. The van der Waals surface area contributed by atoms with E-state index in [2.05, 4.69) is 4.99 Å². The minimum absolute atomic E-state index is 0.0905. The number of nitrogens with one attached hydrogen (secondary N) is 1. The molecule has 7 nitrogen and oxygen atoms in total. The second-order valence-electron chi connectivity index (χ2n) is 3.21. The van der Waals surface area contributed by atoms with Gasteiger partial charge in [-0.3, -0.25) is 20.5 Å². The average Bonchev–Trinajstić information content (AvgIpc) is 2.38. The van der Waals surface area contributed by atoms with Crippen LogP contribution in [0.5, 0.6) is 0 Å². The molecule has 1 unspecified atom stereocenters. The van der Waals surface area contributed by atoms with Gasteiger partial charge in [-0.15, -0.1) is 0 Å². The molecule has 7 heteroatoms. The van der Waals surface area contributed by atoms with E-state index in [-0.39, 0.29) is 18.5 Å². The Morgan fingerprint density at radius 1 is 1.65 bits per heavy atom. The number of aliphatic hydroxyl groups is 1. The number of hydroxylamine groups is 1. The molecule has 0 heterocycles. The number of carbonyl (C=O) groups is 1. The van der Waals surface area contributed by atoms with Crippen molar-refractivity contribution in [2.24, 2.45) is 4.99 Å². The van der Waals surface area contributed by atoms with Crippen molar-refractivity contribution >= 4 is 12.2 Å². The van der Waals surface area contributed by atoms with Crippen molar-refractivity contribution in [3.8, 4) is 0 Å². The molecule has 0 aliphatic rings. The van der Waals surface area contributed by atoms with Crippen LogP contribution in [0, 0.1) is 0 Å². The lowest BCUT2D eigenvalue weighted by molar-refractivity contribution is -0.116. The van der Waals surface area contributed by atoms with Gasteiger partial charge in [0.1, 0.15) is 5.84 Å². The van der Waals surface area contributed by atoms with Gasteiger partial charge in [-0.25, -0.2) is 0 Å². The zero-order valence-corrected chi connectivity index (χ0v) is 10.0. The van der Waals surface area contributed by atoms with E-state index in [1.807, 2.05) is 5.48 Å². The molecule has 0 aliphatic carbocycles. The maximum atomic E-state index is 10.7. The Labute approximate surface area is 100 Å². The van der Waals surface area contributed by atoms with Gasteiger partial charge < -0.3 is 14.7 Å². The van der Waals surface area contributed by atoms with Crippen molar-refractivity contribution in [3.63, 3.8) is 0 Å². The molecule has 1 amide bonds. The zero-order valence-electron chi connectivity index (χ0n) is 10.0. The van der Waals surface area contributed by atoms with Crippen molar-refractivity contribution in [3.05, 3.63) is 12.3 Å². The molecule has 1 atom stereocenters. The van der Waals surface area contributed by atoms with E-state index in [9.17, 15) is 4.79 Å². The number of rotatable bonds is 8. The first-order chi connectivity index (χ1) is 8.21. The third-order valence-electron chi connectivity index (χ3n) is 2.16. The minimum Gasteiger partial charge on any atom is -0.394 e. The number of aliphatic hydroxyl groups excluding tert-OH is 1. The van der Waals surface area contributed by atoms with Gasteiger partial charge in [0, 0.05) is 26.9 Å². The summed E-state index contributed by atoms with van der Waals surface area (Å²) in [5, 5.41) is 17.5. The molecule has 0 saturated heterocycles. The first kappa shape index (κ1) is 15.6. The van der Waals surface area contributed by atoms with E-state index >= 15 is 0 Å². The molecule has 0 rings (SSSR count). The van der Waals surface area contributed by atoms with Gasteiger partial charge in [0.15, 0.2) is 0 Å². The Hall–Kier alpha value is -1.44. The minimum atomic E-state index is -0.291. The molecule has 0 bridgehead atoms. The van der Waals surface area contributed by atoms with E-state index in [4.69, 9.17) is 15.1 Å². The number of amidine groups is 1. The number of hydrogen-bond acceptors (Lipinski definition) is 5. The topological polar surface area (TPSA) is 94.4 Å². The molecule has 17 heavy (non-hydrogen) atoms. The van der Waals surface area contributed by atoms with Crippen LogP contribution in [0.25, 0.3) is 0 Å². The molecular formula is C10H19N3O4. The second kappa shape index (κ2) is 9.76. The van der Waals surface area contributed by atoms with Crippen molar-refractivity contribution in [2.75, 3.05) is 27.3 Å². The van der Waals surface area contributed by atoms with Gasteiger partial charge in [0.2, 0.25) is 6.41 Å². The molecule has 0 fully saturated rings. The van der Waals surface area contributed by atoms with Crippen molar-refractivity contribution < 1.29 is 19.8 Å². The molecule has 0 aromatic carbocycles. The standard InChI is InChI=1S/C10H19N3O4/c1-11-10(12-16)4-6-13(8-15)5-3-9(7-14)17-2/h4,6,8-9,14,16H,3,5,7H2,1-2H3,(H,11,12)/b6-4-. The van der Waals surface area contributed by atoms with Gasteiger partial charge in [-0.05, 0) is 12.5 Å². The molecule has 0 aromatic heterocycles. The van der Waals surface area contributed by atoms with Crippen LogP contribution >= 0.6 is 0 Å². The third kappa shape index (κ3) is 6.67. The summed E-state index contributed by atoms with van der Waals surface area (Å²) in [6, 6.07) is 0. The summed E-state index contributed by atoms with van der Waals surface area (Å²) in [5.74, 6) is 0.238. The molecule has 98 valence electrons. The quantitative estimate of drug-likeness (QED) is 0.229. The van der Waals surface area contributed by atoms with E-state index < -0.39 is 0 Å². The Morgan fingerprint density at radius 2 is 2.35 bits per heavy atom. The van der Waals surface area contributed by atoms with Crippen LogP contribution in [-0.2, 0) is 9.53 Å². The summed E-state index contributed by atoms with van der Waals surface area (Å²) in [5.41, 5.74) is 1.87.